The molecule has 0 bridgehead atoms. The molecular weight excluding hydrogens is 340 g/mol. The van der Waals surface area contributed by atoms with E-state index in [4.69, 9.17) is 16.0 Å². The van der Waals surface area contributed by atoms with Crippen molar-refractivity contribution in [3.63, 3.8) is 0 Å². The van der Waals surface area contributed by atoms with Crippen molar-refractivity contribution < 1.29 is 12.8 Å². The van der Waals surface area contributed by atoms with Gasteiger partial charge >= 0.3 is 0 Å². The summed E-state index contributed by atoms with van der Waals surface area (Å²) in [5.74, 6) is 0.630. The topological polar surface area (TPSA) is 101 Å². The van der Waals surface area contributed by atoms with Gasteiger partial charge in [-0.1, -0.05) is 29.8 Å². The summed E-state index contributed by atoms with van der Waals surface area (Å²) < 4.78 is 32.4. The lowest BCUT2D eigenvalue weighted by Gasteiger charge is -2.06. The van der Waals surface area contributed by atoms with Crippen LogP contribution in [0.5, 0.6) is 0 Å². The van der Waals surface area contributed by atoms with Gasteiger partial charge in [0.2, 0.25) is 15.9 Å². The molecule has 9 heteroatoms. The number of nitrogens with one attached hydrogen (secondary N) is 2. The Hall–Kier alpha value is -2.16. The summed E-state index contributed by atoms with van der Waals surface area (Å²) in [7, 11) is -3.69. The smallest absolute Gasteiger partial charge is 0.264 e. The highest BCUT2D eigenvalue weighted by Crippen LogP contribution is 2.21. The van der Waals surface area contributed by atoms with Crippen LogP contribution in [-0.4, -0.2) is 23.6 Å². The number of H-pyrrole nitrogens is 1. The van der Waals surface area contributed by atoms with E-state index in [-0.39, 0.29) is 17.3 Å². The lowest BCUT2D eigenvalue weighted by molar-refractivity contribution is 0.531. The summed E-state index contributed by atoms with van der Waals surface area (Å²) >= 11 is 6.02. The number of nitrogens with zero attached hydrogens (tertiary/aromatic N) is 2. The quantitative estimate of drug-likeness (QED) is 0.734. The van der Waals surface area contributed by atoms with Crippen molar-refractivity contribution in [2.45, 2.75) is 18.4 Å². The molecule has 23 heavy (non-hydrogen) atoms. The Labute approximate surface area is 137 Å². The number of aromatic amines is 1. The molecule has 0 radical (unpaired) electrons. The first-order valence-corrected chi connectivity index (χ1v) is 8.54. The molecule has 0 fully saturated rings. The standard InChI is InChI=1S/C14H13ClN4O3S/c1-9-18-19-14(22-9)13-6-11(8-16-13)23(20,21)17-7-10-4-2-3-5-12(10)15/h2-6,8,16-17H,7H2,1H3. The number of hydrogen-bond acceptors (Lipinski definition) is 5. The zero-order valence-corrected chi connectivity index (χ0v) is 13.6. The Balaban J connectivity index is 1.78. The van der Waals surface area contributed by atoms with Gasteiger partial charge in [0, 0.05) is 24.7 Å². The van der Waals surface area contributed by atoms with E-state index < -0.39 is 10.0 Å². The fourth-order valence-electron chi connectivity index (χ4n) is 1.96. The molecule has 0 saturated carbocycles. The molecule has 0 saturated heterocycles. The second-order valence-corrected chi connectivity index (χ2v) is 6.97. The van der Waals surface area contributed by atoms with Crippen LogP contribution in [-0.2, 0) is 16.6 Å². The van der Waals surface area contributed by atoms with Crippen molar-refractivity contribution in [1.82, 2.24) is 19.9 Å². The molecule has 3 aromatic rings. The zero-order chi connectivity index (χ0) is 16.4. The Morgan fingerprint density at radius 1 is 1.30 bits per heavy atom. The lowest BCUT2D eigenvalue weighted by atomic mass is 10.2. The van der Waals surface area contributed by atoms with Crippen molar-refractivity contribution >= 4 is 21.6 Å². The van der Waals surface area contributed by atoms with Crippen molar-refractivity contribution in [2.75, 3.05) is 0 Å². The fourth-order valence-corrected chi connectivity index (χ4v) is 3.16. The minimum atomic E-state index is -3.69. The number of benzene rings is 1. The molecule has 0 unspecified atom stereocenters. The fraction of sp³-hybridized carbons (Fsp3) is 0.143. The molecule has 7 nitrogen and oxygen atoms in total. The zero-order valence-electron chi connectivity index (χ0n) is 12.1. The monoisotopic (exact) mass is 352 g/mol. The van der Waals surface area contributed by atoms with Gasteiger partial charge in [-0.25, -0.2) is 13.1 Å². The molecule has 3 rings (SSSR count). The Morgan fingerprint density at radius 2 is 2.09 bits per heavy atom. The second kappa shape index (κ2) is 6.15. The van der Waals surface area contributed by atoms with Crippen molar-refractivity contribution in [3.05, 3.63) is 53.0 Å². The molecule has 0 atom stereocenters. The first-order valence-electron chi connectivity index (χ1n) is 6.68. The maximum absolute atomic E-state index is 12.3. The highest BCUT2D eigenvalue weighted by molar-refractivity contribution is 7.89. The highest BCUT2D eigenvalue weighted by Gasteiger charge is 2.18. The van der Waals surface area contributed by atoms with Crippen LogP contribution in [0.25, 0.3) is 11.6 Å². The minimum Gasteiger partial charge on any atom is -0.420 e. The van der Waals surface area contributed by atoms with Crippen LogP contribution in [0.4, 0.5) is 0 Å². The van der Waals surface area contributed by atoms with Crippen LogP contribution in [0.1, 0.15) is 11.5 Å². The number of halogens is 1. The number of hydrogen-bond donors (Lipinski definition) is 2. The third-order valence-corrected chi connectivity index (χ3v) is 4.88. The summed E-state index contributed by atoms with van der Waals surface area (Å²) in [6.07, 6.45) is 1.36. The van der Waals surface area contributed by atoms with Gasteiger partial charge in [0.1, 0.15) is 10.6 Å². The molecule has 2 aromatic heterocycles. The summed E-state index contributed by atoms with van der Waals surface area (Å²) in [6.45, 7) is 1.75. The molecule has 0 aliphatic heterocycles. The van der Waals surface area contributed by atoms with E-state index in [1.807, 2.05) is 0 Å². The van der Waals surface area contributed by atoms with E-state index in [0.717, 1.165) is 0 Å². The molecule has 0 aliphatic carbocycles. The largest absolute Gasteiger partial charge is 0.420 e. The Kier molecular flexibility index (Phi) is 4.20. The van der Waals surface area contributed by atoms with Crippen molar-refractivity contribution in [3.8, 4) is 11.6 Å². The van der Waals surface area contributed by atoms with Gasteiger partial charge in [-0.15, -0.1) is 10.2 Å². The summed E-state index contributed by atoms with van der Waals surface area (Å²) in [6, 6.07) is 8.47. The first-order chi connectivity index (χ1) is 11.0. The van der Waals surface area contributed by atoms with Gasteiger partial charge in [0.15, 0.2) is 0 Å². The molecule has 120 valence electrons. The normalized spacial score (nSPS) is 11.7. The van der Waals surface area contributed by atoms with E-state index in [1.165, 1.54) is 12.3 Å². The van der Waals surface area contributed by atoms with Crippen molar-refractivity contribution in [2.24, 2.45) is 0 Å². The van der Waals surface area contributed by atoms with E-state index in [2.05, 4.69) is 19.9 Å². The summed E-state index contributed by atoms with van der Waals surface area (Å²) in [5.41, 5.74) is 1.13. The predicted octanol–water partition coefficient (Wildman–Crippen LogP) is 2.51. The second-order valence-electron chi connectivity index (χ2n) is 4.79. The summed E-state index contributed by atoms with van der Waals surface area (Å²) in [4.78, 5) is 2.89. The van der Waals surface area contributed by atoms with Gasteiger partial charge in [-0.2, -0.15) is 0 Å². The number of aromatic nitrogens is 3. The van der Waals surface area contributed by atoms with Crippen LogP contribution in [0.2, 0.25) is 5.02 Å². The molecule has 0 spiro atoms. The lowest BCUT2D eigenvalue weighted by Crippen LogP contribution is -2.22. The van der Waals surface area contributed by atoms with Crippen LogP contribution >= 0.6 is 11.6 Å². The van der Waals surface area contributed by atoms with E-state index >= 15 is 0 Å². The molecule has 2 heterocycles. The van der Waals surface area contributed by atoms with Gasteiger partial charge < -0.3 is 9.40 Å². The Morgan fingerprint density at radius 3 is 2.78 bits per heavy atom. The molecular formula is C14H13ClN4O3S. The Bertz CT molecular complexity index is 933. The van der Waals surface area contributed by atoms with Crippen molar-refractivity contribution in [1.29, 1.82) is 0 Å². The predicted molar refractivity (Wildman–Crippen MR) is 84.3 cm³/mol. The van der Waals surface area contributed by atoms with E-state index in [1.54, 1.807) is 31.2 Å². The van der Waals surface area contributed by atoms with Crippen LogP contribution < -0.4 is 4.72 Å². The molecule has 0 amide bonds. The van der Waals surface area contributed by atoms with Gasteiger partial charge in [-0.05, 0) is 17.7 Å². The van der Waals surface area contributed by atoms with Gasteiger partial charge in [-0.3, -0.25) is 0 Å². The minimum absolute atomic E-state index is 0.0791. The maximum atomic E-state index is 12.3. The average molecular weight is 353 g/mol. The van der Waals surface area contributed by atoms with Crippen LogP contribution in [0.15, 0.2) is 45.8 Å². The number of rotatable bonds is 5. The van der Waals surface area contributed by atoms with E-state index in [0.29, 0.717) is 22.2 Å². The molecule has 1 aromatic carbocycles. The average Bonchev–Trinajstić information content (AvgIpc) is 3.15. The first kappa shape index (κ1) is 15.7. The third kappa shape index (κ3) is 3.44. The van der Waals surface area contributed by atoms with Gasteiger partial charge in [0.25, 0.3) is 5.89 Å². The van der Waals surface area contributed by atoms with Gasteiger partial charge in [0.05, 0.1) is 0 Å². The van der Waals surface area contributed by atoms with Crippen LogP contribution in [0.3, 0.4) is 0 Å². The van der Waals surface area contributed by atoms with Crippen LogP contribution in [0, 0.1) is 6.92 Å². The highest BCUT2D eigenvalue weighted by atomic mass is 35.5. The molecule has 0 aliphatic rings. The summed E-state index contributed by atoms with van der Waals surface area (Å²) in [5, 5.41) is 8.05. The number of aryl methyl sites for hydroxylation is 1. The third-order valence-electron chi connectivity index (χ3n) is 3.13. The number of sulfonamides is 1. The molecule has 2 N–H and O–H groups in total. The SMILES string of the molecule is Cc1nnc(-c2cc(S(=O)(=O)NCc3ccccc3Cl)c[nH]2)o1. The van der Waals surface area contributed by atoms with E-state index in [9.17, 15) is 8.42 Å². The maximum Gasteiger partial charge on any atom is 0.264 e.